The van der Waals surface area contributed by atoms with Gasteiger partial charge in [-0.3, -0.25) is 10.1 Å². The molecule has 0 atom stereocenters. The summed E-state index contributed by atoms with van der Waals surface area (Å²) >= 11 is 0. The average Bonchev–Trinajstić information content (AvgIpc) is 2.38. The first-order valence-electron chi connectivity index (χ1n) is 5.33. The molecule has 0 heterocycles. The van der Waals surface area contributed by atoms with Crippen molar-refractivity contribution < 1.29 is 9.31 Å². The minimum Gasteiger partial charge on any atom is -0.259 e. The molecule has 0 amide bonds. The lowest BCUT2D eigenvalue weighted by molar-refractivity contribution is -0.401. The number of hydrogen-bond acceptors (Lipinski definition) is 2. The van der Waals surface area contributed by atoms with E-state index in [2.05, 4.69) is 0 Å². The fourth-order valence-corrected chi connectivity index (χ4v) is 1.67. The van der Waals surface area contributed by atoms with Crippen LogP contribution in [0.3, 0.4) is 0 Å². The molecule has 0 bridgehead atoms. The first-order chi connectivity index (χ1) is 8.66. The van der Waals surface area contributed by atoms with Crippen LogP contribution in [0.5, 0.6) is 0 Å². The molecule has 0 fully saturated rings. The van der Waals surface area contributed by atoms with E-state index >= 15 is 0 Å². The Bertz CT molecular complexity index is 577. The standard InChI is InChI=1S/C14H10FNO2/c15-13-8-6-12(7-9-13)14(10-16(17)18)11-4-2-1-3-5-11/h1-10H/b14-10+. The zero-order valence-electron chi connectivity index (χ0n) is 9.42. The molecule has 90 valence electrons. The Morgan fingerprint density at radius 2 is 1.56 bits per heavy atom. The molecule has 0 unspecified atom stereocenters. The van der Waals surface area contributed by atoms with Crippen LogP contribution in [-0.2, 0) is 0 Å². The third kappa shape index (κ3) is 2.79. The van der Waals surface area contributed by atoms with Gasteiger partial charge in [0.1, 0.15) is 5.82 Å². The van der Waals surface area contributed by atoms with Crippen molar-refractivity contribution in [2.45, 2.75) is 0 Å². The number of benzene rings is 2. The maximum atomic E-state index is 12.9. The molecule has 0 radical (unpaired) electrons. The highest BCUT2D eigenvalue weighted by Crippen LogP contribution is 2.23. The van der Waals surface area contributed by atoms with Gasteiger partial charge in [0.05, 0.1) is 10.5 Å². The Kier molecular flexibility index (Phi) is 3.48. The molecule has 2 aromatic rings. The highest BCUT2D eigenvalue weighted by Gasteiger charge is 2.09. The molecule has 0 aliphatic heterocycles. The van der Waals surface area contributed by atoms with Gasteiger partial charge < -0.3 is 0 Å². The number of nitro groups is 1. The molecule has 0 saturated carbocycles. The smallest absolute Gasteiger partial charge is 0.242 e. The van der Waals surface area contributed by atoms with Crippen molar-refractivity contribution in [3.05, 3.63) is 87.9 Å². The van der Waals surface area contributed by atoms with Crippen LogP contribution in [0.2, 0.25) is 0 Å². The predicted octanol–water partition coefficient (Wildman–Crippen LogP) is 3.49. The zero-order chi connectivity index (χ0) is 13.0. The van der Waals surface area contributed by atoms with Crippen molar-refractivity contribution >= 4 is 5.57 Å². The molecule has 0 aliphatic rings. The Morgan fingerprint density at radius 1 is 1.00 bits per heavy atom. The van der Waals surface area contributed by atoms with Crippen LogP contribution in [-0.4, -0.2) is 4.92 Å². The normalized spacial score (nSPS) is 11.3. The summed E-state index contributed by atoms with van der Waals surface area (Å²) in [5.41, 5.74) is 1.79. The molecule has 0 aromatic heterocycles. The van der Waals surface area contributed by atoms with Crippen LogP contribution < -0.4 is 0 Å². The second-order valence-corrected chi connectivity index (χ2v) is 3.70. The van der Waals surface area contributed by atoms with E-state index in [0.29, 0.717) is 11.1 Å². The molecule has 4 heteroatoms. The summed E-state index contributed by atoms with van der Waals surface area (Å²) in [5, 5.41) is 10.7. The summed E-state index contributed by atoms with van der Waals surface area (Å²) in [4.78, 5) is 10.2. The molecule has 18 heavy (non-hydrogen) atoms. The molecular formula is C14H10FNO2. The van der Waals surface area contributed by atoms with Gasteiger partial charge in [-0.2, -0.15) is 0 Å². The van der Waals surface area contributed by atoms with Gasteiger partial charge in [-0.25, -0.2) is 4.39 Å². The minimum absolute atomic E-state index is 0.368. The second-order valence-electron chi connectivity index (χ2n) is 3.70. The summed E-state index contributed by atoms with van der Waals surface area (Å²) in [7, 11) is 0. The lowest BCUT2D eigenvalue weighted by atomic mass is 9.99. The van der Waals surface area contributed by atoms with Crippen LogP contribution in [0.4, 0.5) is 4.39 Å². The van der Waals surface area contributed by atoms with Crippen molar-refractivity contribution in [3.63, 3.8) is 0 Å². The summed E-state index contributed by atoms with van der Waals surface area (Å²) in [5.74, 6) is -0.368. The number of nitrogens with zero attached hydrogens (tertiary/aromatic N) is 1. The van der Waals surface area contributed by atoms with Crippen LogP contribution in [0.1, 0.15) is 11.1 Å². The summed E-state index contributed by atoms with van der Waals surface area (Å²) in [6.07, 6.45) is 0.933. The van der Waals surface area contributed by atoms with E-state index in [1.807, 2.05) is 6.07 Å². The van der Waals surface area contributed by atoms with Gasteiger partial charge >= 0.3 is 0 Å². The third-order valence-corrected chi connectivity index (χ3v) is 2.47. The van der Waals surface area contributed by atoms with Crippen LogP contribution in [0, 0.1) is 15.9 Å². The Hall–Kier alpha value is -2.49. The van der Waals surface area contributed by atoms with Crippen molar-refractivity contribution in [1.82, 2.24) is 0 Å². The molecule has 0 N–H and O–H groups in total. The quantitative estimate of drug-likeness (QED) is 0.611. The maximum absolute atomic E-state index is 12.9. The van der Waals surface area contributed by atoms with Gasteiger partial charge in [-0.15, -0.1) is 0 Å². The fraction of sp³-hybridized carbons (Fsp3) is 0. The van der Waals surface area contributed by atoms with E-state index < -0.39 is 4.92 Å². The molecule has 3 nitrogen and oxygen atoms in total. The van der Waals surface area contributed by atoms with Crippen LogP contribution in [0.15, 0.2) is 60.8 Å². The van der Waals surface area contributed by atoms with Gasteiger partial charge in [0, 0.05) is 0 Å². The van der Waals surface area contributed by atoms with E-state index in [1.54, 1.807) is 24.3 Å². The van der Waals surface area contributed by atoms with Gasteiger partial charge in [0.2, 0.25) is 6.20 Å². The first-order valence-corrected chi connectivity index (χ1v) is 5.33. The topological polar surface area (TPSA) is 43.1 Å². The predicted molar refractivity (Wildman–Crippen MR) is 66.9 cm³/mol. The number of halogens is 1. The Morgan fingerprint density at radius 3 is 2.11 bits per heavy atom. The third-order valence-electron chi connectivity index (χ3n) is 2.47. The van der Waals surface area contributed by atoms with Crippen molar-refractivity contribution in [2.24, 2.45) is 0 Å². The van der Waals surface area contributed by atoms with E-state index in [-0.39, 0.29) is 5.82 Å². The number of hydrogen-bond donors (Lipinski definition) is 0. The summed E-state index contributed by atoms with van der Waals surface area (Å²) < 4.78 is 12.9. The first kappa shape index (κ1) is 12.0. The van der Waals surface area contributed by atoms with E-state index in [4.69, 9.17) is 0 Å². The fourth-order valence-electron chi connectivity index (χ4n) is 1.67. The van der Waals surface area contributed by atoms with Gasteiger partial charge in [-0.05, 0) is 23.3 Å². The molecule has 0 aliphatic carbocycles. The minimum atomic E-state index is -0.508. The molecule has 2 rings (SSSR count). The lowest BCUT2D eigenvalue weighted by Crippen LogP contribution is -1.93. The van der Waals surface area contributed by atoms with Gasteiger partial charge in [0.15, 0.2) is 0 Å². The SMILES string of the molecule is O=[N+]([O-])/C=C(\c1ccccc1)c1ccc(F)cc1. The Labute approximate surface area is 103 Å². The molecular weight excluding hydrogens is 233 g/mol. The number of rotatable bonds is 3. The average molecular weight is 243 g/mol. The van der Waals surface area contributed by atoms with Crippen molar-refractivity contribution in [1.29, 1.82) is 0 Å². The Balaban J connectivity index is 2.51. The van der Waals surface area contributed by atoms with Gasteiger partial charge in [-0.1, -0.05) is 42.5 Å². The van der Waals surface area contributed by atoms with Gasteiger partial charge in [0.25, 0.3) is 0 Å². The van der Waals surface area contributed by atoms with Crippen molar-refractivity contribution in [2.75, 3.05) is 0 Å². The van der Waals surface area contributed by atoms with E-state index in [9.17, 15) is 14.5 Å². The van der Waals surface area contributed by atoms with E-state index in [1.165, 1.54) is 24.3 Å². The second kappa shape index (κ2) is 5.23. The maximum Gasteiger partial charge on any atom is 0.242 e. The highest BCUT2D eigenvalue weighted by molar-refractivity contribution is 5.78. The van der Waals surface area contributed by atoms with E-state index in [0.717, 1.165) is 11.8 Å². The zero-order valence-corrected chi connectivity index (χ0v) is 9.42. The largest absolute Gasteiger partial charge is 0.259 e. The molecule has 2 aromatic carbocycles. The lowest BCUT2D eigenvalue weighted by Gasteiger charge is -2.05. The molecule has 0 saturated heterocycles. The van der Waals surface area contributed by atoms with Crippen LogP contribution in [0.25, 0.3) is 5.57 Å². The van der Waals surface area contributed by atoms with Crippen LogP contribution >= 0.6 is 0 Å². The summed E-state index contributed by atoms with van der Waals surface area (Å²) in [6, 6.07) is 14.6. The highest BCUT2D eigenvalue weighted by atomic mass is 19.1. The molecule has 0 spiro atoms. The summed E-state index contributed by atoms with van der Waals surface area (Å²) in [6.45, 7) is 0. The monoisotopic (exact) mass is 243 g/mol. The van der Waals surface area contributed by atoms with Crippen molar-refractivity contribution in [3.8, 4) is 0 Å².